The predicted octanol–water partition coefficient (Wildman–Crippen LogP) is 4.59. The molecule has 1 aromatic heterocycles. The summed E-state index contributed by atoms with van der Waals surface area (Å²) in [4.78, 5) is 11.5. The number of carbonyl (C=O) groups excluding carboxylic acids is 1. The Hall–Kier alpha value is -3.57. The summed E-state index contributed by atoms with van der Waals surface area (Å²) in [6, 6.07) is 24.1. The number of aliphatic hydroxyl groups is 1. The number of rotatable bonds is 9. The first-order valence-corrected chi connectivity index (χ1v) is 14.2. The van der Waals surface area contributed by atoms with E-state index in [-0.39, 0.29) is 30.6 Å². The number of hydrogen-bond acceptors (Lipinski definition) is 8. The number of amides is 1. The van der Waals surface area contributed by atoms with Gasteiger partial charge in [0.1, 0.15) is 0 Å². The number of ether oxygens (including phenoxy) is 2. The van der Waals surface area contributed by atoms with Gasteiger partial charge in [0.05, 0.1) is 18.8 Å². The summed E-state index contributed by atoms with van der Waals surface area (Å²) >= 11 is 1.56. The molecule has 9 nitrogen and oxygen atoms in total. The van der Waals surface area contributed by atoms with E-state index in [4.69, 9.17) is 9.47 Å². The van der Waals surface area contributed by atoms with Crippen LogP contribution >= 0.6 is 11.8 Å². The number of nitrogens with zero attached hydrogens (tertiary/aromatic N) is 4. The third kappa shape index (κ3) is 6.42. The second-order valence-electron chi connectivity index (χ2n) is 9.91. The van der Waals surface area contributed by atoms with Crippen molar-refractivity contribution < 1.29 is 19.4 Å². The molecular formula is C30H33N5O4S. The number of benzene rings is 3. The third-order valence-corrected chi connectivity index (χ3v) is 8.22. The van der Waals surface area contributed by atoms with Crippen molar-refractivity contribution in [3.05, 3.63) is 95.1 Å². The van der Waals surface area contributed by atoms with E-state index in [0.29, 0.717) is 12.3 Å². The van der Waals surface area contributed by atoms with Crippen LogP contribution in [0.1, 0.15) is 48.5 Å². The fourth-order valence-electron chi connectivity index (χ4n) is 4.81. The van der Waals surface area contributed by atoms with E-state index in [1.54, 1.807) is 16.4 Å². The lowest BCUT2D eigenvalue weighted by molar-refractivity contribution is -0.268. The average molecular weight is 560 g/mol. The zero-order chi connectivity index (χ0) is 28.1. The first kappa shape index (κ1) is 28.0. The molecule has 2 heterocycles. The SMILES string of the molecule is CC(=O)NCc1ccccc1-c1ccc(C2OC(CSc3nnnn3C)C(C)C(c3ccc(CO)cc3)O2)cc1. The van der Waals surface area contributed by atoms with Crippen molar-refractivity contribution in [1.82, 2.24) is 25.5 Å². The summed E-state index contributed by atoms with van der Waals surface area (Å²) in [6.07, 6.45) is -0.889. The van der Waals surface area contributed by atoms with Crippen molar-refractivity contribution in [3.8, 4) is 11.1 Å². The molecule has 1 saturated heterocycles. The molecule has 10 heteroatoms. The van der Waals surface area contributed by atoms with Gasteiger partial charge in [-0.15, -0.1) is 5.10 Å². The Labute approximate surface area is 237 Å². The van der Waals surface area contributed by atoms with Crippen molar-refractivity contribution in [3.63, 3.8) is 0 Å². The van der Waals surface area contributed by atoms with Crippen LogP contribution in [0.2, 0.25) is 0 Å². The molecule has 40 heavy (non-hydrogen) atoms. The molecule has 1 fully saturated rings. The van der Waals surface area contributed by atoms with Crippen LogP contribution < -0.4 is 5.32 Å². The van der Waals surface area contributed by atoms with Gasteiger partial charge in [0.2, 0.25) is 11.1 Å². The zero-order valence-electron chi connectivity index (χ0n) is 22.7. The Morgan fingerprint density at radius 2 is 1.75 bits per heavy atom. The average Bonchev–Trinajstić information content (AvgIpc) is 3.40. The molecule has 0 aliphatic carbocycles. The number of aromatic nitrogens is 4. The Bertz CT molecular complexity index is 1430. The maximum Gasteiger partial charge on any atom is 0.217 e. The zero-order valence-corrected chi connectivity index (χ0v) is 23.5. The van der Waals surface area contributed by atoms with Gasteiger partial charge in [0.25, 0.3) is 0 Å². The van der Waals surface area contributed by atoms with Crippen LogP contribution in [0.3, 0.4) is 0 Å². The van der Waals surface area contributed by atoms with Crippen molar-refractivity contribution >= 4 is 17.7 Å². The van der Waals surface area contributed by atoms with Gasteiger partial charge in [-0.3, -0.25) is 4.79 Å². The van der Waals surface area contributed by atoms with Crippen LogP contribution in [-0.4, -0.2) is 43.1 Å². The van der Waals surface area contributed by atoms with E-state index in [1.165, 1.54) is 6.92 Å². The fraction of sp³-hybridized carbons (Fsp3) is 0.333. The highest BCUT2D eigenvalue weighted by atomic mass is 32.2. The molecule has 4 atom stereocenters. The molecule has 3 aromatic carbocycles. The number of carbonyl (C=O) groups is 1. The Kier molecular flexibility index (Phi) is 8.91. The Balaban J connectivity index is 1.39. The van der Waals surface area contributed by atoms with Crippen LogP contribution in [-0.2, 0) is 34.5 Å². The molecule has 4 aromatic rings. The van der Waals surface area contributed by atoms with Crippen molar-refractivity contribution in [2.24, 2.45) is 13.0 Å². The largest absolute Gasteiger partial charge is 0.392 e. The maximum absolute atomic E-state index is 11.5. The molecule has 0 bridgehead atoms. The van der Waals surface area contributed by atoms with Crippen molar-refractivity contribution in [2.45, 2.75) is 50.7 Å². The molecule has 5 rings (SSSR count). The van der Waals surface area contributed by atoms with Gasteiger partial charge in [-0.25, -0.2) is 4.68 Å². The lowest BCUT2D eigenvalue weighted by atomic mass is 9.91. The first-order chi connectivity index (χ1) is 19.4. The second-order valence-corrected chi connectivity index (χ2v) is 10.9. The normalized spacial score (nSPS) is 20.8. The molecule has 0 spiro atoms. The fourth-order valence-corrected chi connectivity index (χ4v) is 5.82. The number of nitrogens with one attached hydrogen (secondary N) is 1. The van der Waals surface area contributed by atoms with Crippen LogP contribution in [0.4, 0.5) is 0 Å². The molecule has 1 aliphatic heterocycles. The van der Waals surface area contributed by atoms with Crippen molar-refractivity contribution in [2.75, 3.05) is 5.75 Å². The molecule has 4 unspecified atom stereocenters. The lowest BCUT2D eigenvalue weighted by Crippen LogP contribution is -2.38. The minimum atomic E-state index is -0.564. The van der Waals surface area contributed by atoms with Crippen LogP contribution in [0.25, 0.3) is 11.1 Å². The van der Waals surface area contributed by atoms with Crippen molar-refractivity contribution in [1.29, 1.82) is 0 Å². The summed E-state index contributed by atoms with van der Waals surface area (Å²) in [5, 5.41) is 24.9. The summed E-state index contributed by atoms with van der Waals surface area (Å²) in [5.74, 6) is 0.661. The Morgan fingerprint density at radius 3 is 2.42 bits per heavy atom. The number of hydrogen-bond donors (Lipinski definition) is 2. The highest BCUT2D eigenvalue weighted by Gasteiger charge is 2.38. The number of thioether (sulfide) groups is 1. The summed E-state index contributed by atoms with van der Waals surface area (Å²) in [6.45, 7) is 4.12. The van der Waals surface area contributed by atoms with Gasteiger partial charge < -0.3 is 19.9 Å². The van der Waals surface area contributed by atoms with E-state index in [9.17, 15) is 9.90 Å². The summed E-state index contributed by atoms with van der Waals surface area (Å²) < 4.78 is 14.8. The molecule has 0 saturated carbocycles. The minimum absolute atomic E-state index is 0.00160. The van der Waals surface area contributed by atoms with E-state index in [1.807, 2.05) is 61.6 Å². The maximum atomic E-state index is 11.5. The van der Waals surface area contributed by atoms with Gasteiger partial charge >= 0.3 is 0 Å². The Morgan fingerprint density at radius 1 is 1.02 bits per heavy atom. The van der Waals surface area contributed by atoms with E-state index in [0.717, 1.165) is 38.5 Å². The predicted molar refractivity (Wildman–Crippen MR) is 152 cm³/mol. The number of aryl methyl sites for hydroxylation is 1. The monoisotopic (exact) mass is 559 g/mol. The second kappa shape index (κ2) is 12.7. The summed E-state index contributed by atoms with van der Waals surface area (Å²) in [5.41, 5.74) is 5.98. The topological polar surface area (TPSA) is 111 Å². The standard InChI is InChI=1S/C30H33N5O4S/c1-19-27(18-40-30-32-33-34-35(30)3)38-29(39-28(19)23-10-8-21(17-36)9-11-23)24-14-12-22(13-15-24)26-7-5-4-6-25(26)16-31-20(2)37/h4-15,19,27-29,36H,16-18H2,1-3H3,(H,31,37). The van der Waals surface area contributed by atoms with E-state index < -0.39 is 6.29 Å². The highest BCUT2D eigenvalue weighted by molar-refractivity contribution is 7.99. The third-order valence-electron chi connectivity index (χ3n) is 7.12. The van der Waals surface area contributed by atoms with Gasteiger partial charge in [-0.1, -0.05) is 91.5 Å². The quantitative estimate of drug-likeness (QED) is 0.287. The van der Waals surface area contributed by atoms with Gasteiger partial charge in [0, 0.05) is 37.8 Å². The first-order valence-electron chi connectivity index (χ1n) is 13.2. The molecule has 1 aliphatic rings. The molecular weight excluding hydrogens is 526 g/mol. The van der Waals surface area contributed by atoms with Gasteiger partial charge in [-0.05, 0) is 38.2 Å². The minimum Gasteiger partial charge on any atom is -0.392 e. The lowest BCUT2D eigenvalue weighted by Gasteiger charge is -2.41. The van der Waals surface area contributed by atoms with Gasteiger partial charge in [-0.2, -0.15) is 0 Å². The molecule has 208 valence electrons. The highest BCUT2D eigenvalue weighted by Crippen LogP contribution is 2.43. The van der Waals surface area contributed by atoms with E-state index >= 15 is 0 Å². The van der Waals surface area contributed by atoms with Crippen LogP contribution in [0.5, 0.6) is 0 Å². The number of aliphatic hydroxyl groups excluding tert-OH is 1. The number of tetrazole rings is 1. The van der Waals surface area contributed by atoms with Crippen LogP contribution in [0, 0.1) is 5.92 Å². The summed E-state index contributed by atoms with van der Waals surface area (Å²) in [7, 11) is 1.82. The molecule has 2 N–H and O–H groups in total. The van der Waals surface area contributed by atoms with Crippen LogP contribution in [0.15, 0.2) is 78.0 Å². The van der Waals surface area contributed by atoms with Gasteiger partial charge in [0.15, 0.2) is 6.29 Å². The smallest absolute Gasteiger partial charge is 0.217 e. The molecule has 1 amide bonds. The molecule has 0 radical (unpaired) electrons. The van der Waals surface area contributed by atoms with E-state index in [2.05, 4.69) is 46.0 Å².